The van der Waals surface area contributed by atoms with Gasteiger partial charge in [-0.2, -0.15) is 0 Å². The summed E-state index contributed by atoms with van der Waals surface area (Å²) in [5, 5.41) is 13.8. The molecule has 2 amide bonds. The van der Waals surface area contributed by atoms with Crippen LogP contribution < -0.4 is 10.6 Å². The molecule has 4 rings (SSSR count). The Labute approximate surface area is 264 Å². The second kappa shape index (κ2) is 13.4. The lowest BCUT2D eigenvalue weighted by molar-refractivity contribution is -0.115. The molecule has 0 spiro atoms. The van der Waals surface area contributed by atoms with Gasteiger partial charge >= 0.3 is 5.97 Å². The predicted octanol–water partition coefficient (Wildman–Crippen LogP) is 9.68. The average molecular weight is 669 g/mol. The second-order valence-corrected chi connectivity index (χ2v) is 11.8. The summed E-state index contributed by atoms with van der Waals surface area (Å²) in [5.41, 5.74) is 1.50. The van der Waals surface area contributed by atoms with E-state index in [0.29, 0.717) is 21.3 Å². The third-order valence-electron chi connectivity index (χ3n) is 5.83. The number of aromatic carboxylic acids is 1. The summed E-state index contributed by atoms with van der Waals surface area (Å²) in [7, 11) is 0. The zero-order chi connectivity index (χ0) is 29.8. The van der Waals surface area contributed by atoms with Gasteiger partial charge in [0.2, 0.25) is 5.91 Å². The summed E-state index contributed by atoms with van der Waals surface area (Å²) in [5.74, 6) is -2.64. The quantitative estimate of drug-likeness (QED) is 0.0987. The van der Waals surface area contributed by atoms with Gasteiger partial charge < -0.3 is 15.7 Å². The molecule has 0 aromatic heterocycles. The molecule has 3 N–H and O–H groups in total. The molecule has 0 bridgehead atoms. The molecule has 1 atom stereocenters. The van der Waals surface area contributed by atoms with Crippen LogP contribution in [0.2, 0.25) is 25.1 Å². The minimum absolute atomic E-state index is 0.246. The maximum atomic E-state index is 13.4. The molecule has 12 heteroatoms. The Morgan fingerprint density at radius 3 is 2.00 bits per heavy atom. The van der Waals surface area contributed by atoms with Crippen LogP contribution in [-0.4, -0.2) is 22.9 Å². The van der Waals surface area contributed by atoms with Crippen LogP contribution in [0, 0.1) is 6.92 Å². The maximum absolute atomic E-state index is 13.4. The molecule has 0 heterocycles. The van der Waals surface area contributed by atoms with Gasteiger partial charge in [0.25, 0.3) is 5.91 Å². The molecule has 0 aliphatic carbocycles. The van der Waals surface area contributed by atoms with Crippen molar-refractivity contribution in [1.82, 2.24) is 0 Å². The topological polar surface area (TPSA) is 95.5 Å². The van der Waals surface area contributed by atoms with Crippen molar-refractivity contribution in [3.05, 3.63) is 120 Å². The highest BCUT2D eigenvalue weighted by molar-refractivity contribution is 8.00. The highest BCUT2D eigenvalue weighted by atomic mass is 35.5. The summed E-state index contributed by atoms with van der Waals surface area (Å²) in [6.07, 6.45) is 0. The zero-order valence-electron chi connectivity index (χ0n) is 21.0. The number of hydrogen-bond acceptors (Lipinski definition) is 4. The number of carbonyl (C=O) groups excluding carboxylic acids is 2. The fourth-order valence-corrected chi connectivity index (χ4v) is 6.09. The molecule has 0 fully saturated rings. The van der Waals surface area contributed by atoms with Crippen LogP contribution in [0.5, 0.6) is 0 Å². The maximum Gasteiger partial charge on any atom is 0.338 e. The predicted molar refractivity (Wildman–Crippen MR) is 168 cm³/mol. The lowest BCUT2D eigenvalue weighted by Crippen LogP contribution is -2.19. The molecule has 0 radical (unpaired) electrons. The largest absolute Gasteiger partial charge is 0.478 e. The van der Waals surface area contributed by atoms with Gasteiger partial charge in [0.15, 0.2) is 0 Å². The molecule has 0 aliphatic heterocycles. The summed E-state index contributed by atoms with van der Waals surface area (Å²) in [4.78, 5) is 39.2. The van der Waals surface area contributed by atoms with Crippen LogP contribution in [-0.2, 0) is 4.79 Å². The normalized spacial score (nSPS) is 11.6. The van der Waals surface area contributed by atoms with Crippen molar-refractivity contribution >= 4 is 98.9 Å². The number of rotatable bonds is 8. The standard InChI is InChI=1S/C29H19Cl5N2O4S/c1-14-10-11-17(13-19(14)30)36-28(38)26(15-6-3-2-4-7-15)41-18-9-5-8-16(12-18)35-27(37)20-21(29(39)40)23(32)25(34)24(33)22(20)31/h2-13,26H,1H3,(H,35,37)(H,36,38)(H,39,40). The van der Waals surface area contributed by atoms with E-state index in [4.69, 9.17) is 58.0 Å². The van der Waals surface area contributed by atoms with Crippen LogP contribution in [0.3, 0.4) is 0 Å². The number of hydrogen-bond donors (Lipinski definition) is 3. The highest BCUT2D eigenvalue weighted by Crippen LogP contribution is 2.42. The van der Waals surface area contributed by atoms with Gasteiger partial charge in [-0.15, -0.1) is 11.8 Å². The summed E-state index contributed by atoms with van der Waals surface area (Å²) in [6.45, 7) is 1.87. The molecular weight excluding hydrogens is 650 g/mol. The smallest absolute Gasteiger partial charge is 0.338 e. The number of thioether (sulfide) groups is 1. The molecule has 1 unspecified atom stereocenters. The van der Waals surface area contributed by atoms with Crippen molar-refractivity contribution in [3.63, 3.8) is 0 Å². The lowest BCUT2D eigenvalue weighted by Gasteiger charge is -2.18. The Kier molecular flexibility index (Phi) is 10.1. The Morgan fingerprint density at radius 1 is 0.732 bits per heavy atom. The highest BCUT2D eigenvalue weighted by Gasteiger charge is 2.29. The van der Waals surface area contributed by atoms with E-state index in [1.165, 1.54) is 11.8 Å². The molecule has 4 aromatic rings. The van der Waals surface area contributed by atoms with Gasteiger partial charge in [-0.1, -0.05) is 100 Å². The van der Waals surface area contributed by atoms with E-state index < -0.39 is 33.3 Å². The number of aryl methyl sites for hydroxylation is 1. The Morgan fingerprint density at radius 2 is 1.37 bits per heavy atom. The van der Waals surface area contributed by atoms with E-state index in [1.54, 1.807) is 36.4 Å². The van der Waals surface area contributed by atoms with Crippen molar-refractivity contribution in [2.24, 2.45) is 0 Å². The van der Waals surface area contributed by atoms with Gasteiger partial charge in [0.1, 0.15) is 5.25 Å². The van der Waals surface area contributed by atoms with E-state index in [0.717, 1.165) is 11.1 Å². The summed E-state index contributed by atoms with van der Waals surface area (Å²) >= 11 is 31.9. The molecule has 210 valence electrons. The van der Waals surface area contributed by atoms with Gasteiger partial charge in [0.05, 0.1) is 31.2 Å². The Bertz CT molecular complexity index is 1670. The van der Waals surface area contributed by atoms with Gasteiger partial charge in [-0.3, -0.25) is 9.59 Å². The molecule has 41 heavy (non-hydrogen) atoms. The first-order chi connectivity index (χ1) is 19.5. The zero-order valence-corrected chi connectivity index (χ0v) is 25.6. The van der Waals surface area contributed by atoms with Crippen molar-refractivity contribution < 1.29 is 19.5 Å². The SMILES string of the molecule is Cc1ccc(NC(=O)C(Sc2cccc(NC(=O)c3c(Cl)c(Cl)c(Cl)c(Cl)c3C(=O)O)c2)c2ccccc2)cc1Cl. The molecule has 6 nitrogen and oxygen atoms in total. The lowest BCUT2D eigenvalue weighted by atomic mass is 10.1. The van der Waals surface area contributed by atoms with Gasteiger partial charge in [0, 0.05) is 21.3 Å². The monoisotopic (exact) mass is 666 g/mol. The minimum Gasteiger partial charge on any atom is -0.478 e. The first kappa shape index (κ1) is 31.0. The van der Waals surface area contributed by atoms with E-state index in [1.807, 2.05) is 43.3 Å². The summed E-state index contributed by atoms with van der Waals surface area (Å²) < 4.78 is 0. The number of nitrogens with one attached hydrogen (secondary N) is 2. The molecule has 0 saturated carbocycles. The number of halogens is 5. The van der Waals surface area contributed by atoms with Crippen molar-refractivity contribution in [2.45, 2.75) is 17.1 Å². The van der Waals surface area contributed by atoms with Crippen LogP contribution in [0.15, 0.2) is 77.7 Å². The van der Waals surface area contributed by atoms with Crippen LogP contribution in [0.1, 0.15) is 37.1 Å². The number of anilines is 2. The van der Waals surface area contributed by atoms with E-state index in [2.05, 4.69) is 10.6 Å². The number of carbonyl (C=O) groups is 3. The minimum atomic E-state index is -1.50. The van der Waals surface area contributed by atoms with E-state index in [-0.39, 0.29) is 21.0 Å². The van der Waals surface area contributed by atoms with E-state index in [9.17, 15) is 19.5 Å². The number of carboxylic acids is 1. The van der Waals surface area contributed by atoms with Crippen molar-refractivity contribution in [2.75, 3.05) is 10.6 Å². The Hall–Kier alpha value is -2.91. The average Bonchev–Trinajstić information content (AvgIpc) is 2.94. The fourth-order valence-electron chi connectivity index (χ4n) is 3.80. The first-order valence-corrected chi connectivity index (χ1v) is 14.5. The molecular formula is C29H19Cl5N2O4S. The fraction of sp³-hybridized carbons (Fsp3) is 0.0690. The number of carboxylic acid groups (broad SMARTS) is 1. The second-order valence-electron chi connectivity index (χ2n) is 8.65. The summed E-state index contributed by atoms with van der Waals surface area (Å²) in [6, 6.07) is 21.2. The third-order valence-corrected chi connectivity index (χ3v) is 9.29. The van der Waals surface area contributed by atoms with Crippen LogP contribution >= 0.6 is 69.8 Å². The number of benzene rings is 4. The van der Waals surface area contributed by atoms with Crippen LogP contribution in [0.4, 0.5) is 11.4 Å². The van der Waals surface area contributed by atoms with Crippen molar-refractivity contribution in [1.29, 1.82) is 0 Å². The Balaban J connectivity index is 1.62. The van der Waals surface area contributed by atoms with E-state index >= 15 is 0 Å². The van der Waals surface area contributed by atoms with Gasteiger partial charge in [-0.25, -0.2) is 4.79 Å². The molecule has 0 saturated heterocycles. The first-order valence-electron chi connectivity index (χ1n) is 11.8. The van der Waals surface area contributed by atoms with Gasteiger partial charge in [-0.05, 0) is 48.4 Å². The molecule has 4 aromatic carbocycles. The number of amides is 2. The van der Waals surface area contributed by atoms with Crippen molar-refractivity contribution in [3.8, 4) is 0 Å². The van der Waals surface area contributed by atoms with Crippen LogP contribution in [0.25, 0.3) is 0 Å². The molecule has 0 aliphatic rings. The third kappa shape index (κ3) is 7.12.